The van der Waals surface area contributed by atoms with Gasteiger partial charge in [0.2, 0.25) is 5.91 Å². The number of rotatable bonds is 8. The van der Waals surface area contributed by atoms with Gasteiger partial charge in [-0.05, 0) is 44.2 Å². The zero-order valence-electron chi connectivity index (χ0n) is 14.1. The van der Waals surface area contributed by atoms with E-state index in [0.717, 1.165) is 19.3 Å². The minimum Gasteiger partial charge on any atom is -0.352 e. The highest BCUT2D eigenvalue weighted by Gasteiger charge is 2.18. The van der Waals surface area contributed by atoms with Crippen molar-refractivity contribution in [1.29, 1.82) is 0 Å². The molecule has 2 N–H and O–H groups in total. The molecule has 0 saturated carbocycles. The van der Waals surface area contributed by atoms with E-state index < -0.39 is 0 Å². The summed E-state index contributed by atoms with van der Waals surface area (Å²) >= 11 is 0. The third-order valence-electron chi connectivity index (χ3n) is 4.11. The molecule has 21 heavy (non-hydrogen) atoms. The number of hydrogen-bond donors (Lipinski definition) is 2. The van der Waals surface area contributed by atoms with E-state index in [1.165, 1.54) is 11.1 Å². The average molecular weight is 290 g/mol. The fraction of sp³-hybridized carbons (Fsp3) is 0.611. The van der Waals surface area contributed by atoms with Gasteiger partial charge in [0.15, 0.2) is 0 Å². The largest absolute Gasteiger partial charge is 0.352 e. The Morgan fingerprint density at radius 1 is 1.05 bits per heavy atom. The van der Waals surface area contributed by atoms with Crippen molar-refractivity contribution in [3.8, 4) is 0 Å². The topological polar surface area (TPSA) is 41.1 Å². The first-order chi connectivity index (χ1) is 10.0. The first-order valence-electron chi connectivity index (χ1n) is 8.16. The van der Waals surface area contributed by atoms with E-state index in [-0.39, 0.29) is 24.0 Å². The van der Waals surface area contributed by atoms with Crippen molar-refractivity contribution in [1.82, 2.24) is 10.6 Å². The zero-order chi connectivity index (χ0) is 15.8. The molecule has 0 aliphatic heterocycles. The summed E-state index contributed by atoms with van der Waals surface area (Å²) in [5, 5.41) is 6.46. The second-order valence-electron chi connectivity index (χ2n) is 5.73. The van der Waals surface area contributed by atoms with E-state index in [1.807, 2.05) is 6.92 Å². The summed E-state index contributed by atoms with van der Waals surface area (Å²) < 4.78 is 0. The summed E-state index contributed by atoms with van der Waals surface area (Å²) in [4.78, 5) is 12.2. The molecule has 118 valence electrons. The van der Waals surface area contributed by atoms with Gasteiger partial charge in [0.1, 0.15) is 0 Å². The van der Waals surface area contributed by atoms with Gasteiger partial charge in [0, 0.05) is 12.1 Å². The number of hydrogen-bond acceptors (Lipinski definition) is 2. The van der Waals surface area contributed by atoms with E-state index >= 15 is 0 Å². The van der Waals surface area contributed by atoms with Crippen molar-refractivity contribution in [2.75, 3.05) is 0 Å². The standard InChI is InChI=1S/C18H30N2O/c1-6-15-9-11-16(12-10-15)13(4)19-14(5)18(21)20-17(7-2)8-3/h9-14,17,19H,6-8H2,1-5H3,(H,20,21). The van der Waals surface area contributed by atoms with Crippen LogP contribution in [0.1, 0.15) is 64.6 Å². The van der Waals surface area contributed by atoms with Crippen LogP contribution in [0.3, 0.4) is 0 Å². The van der Waals surface area contributed by atoms with E-state index in [9.17, 15) is 4.79 Å². The third kappa shape index (κ3) is 5.50. The molecule has 0 fully saturated rings. The SMILES string of the molecule is CCc1ccc(C(C)NC(C)C(=O)NC(CC)CC)cc1. The molecule has 1 rings (SSSR count). The predicted molar refractivity (Wildman–Crippen MR) is 89.3 cm³/mol. The molecule has 0 aromatic heterocycles. The number of benzene rings is 1. The number of nitrogens with one attached hydrogen (secondary N) is 2. The summed E-state index contributed by atoms with van der Waals surface area (Å²) in [6.07, 6.45) is 3.00. The van der Waals surface area contributed by atoms with Gasteiger partial charge >= 0.3 is 0 Å². The smallest absolute Gasteiger partial charge is 0.237 e. The van der Waals surface area contributed by atoms with Gasteiger partial charge in [-0.3, -0.25) is 10.1 Å². The van der Waals surface area contributed by atoms with Gasteiger partial charge in [-0.25, -0.2) is 0 Å². The van der Waals surface area contributed by atoms with Crippen LogP contribution in [0.2, 0.25) is 0 Å². The summed E-state index contributed by atoms with van der Waals surface area (Å²) in [5.41, 5.74) is 2.56. The van der Waals surface area contributed by atoms with E-state index in [1.54, 1.807) is 0 Å². The second kappa shape index (κ2) is 8.83. The summed E-state index contributed by atoms with van der Waals surface area (Å²) in [6, 6.07) is 8.85. The number of carbonyl (C=O) groups excluding carboxylic acids is 1. The van der Waals surface area contributed by atoms with Crippen LogP contribution in [0.5, 0.6) is 0 Å². The van der Waals surface area contributed by atoms with Crippen molar-refractivity contribution >= 4 is 5.91 Å². The van der Waals surface area contributed by atoms with Gasteiger partial charge < -0.3 is 5.32 Å². The molecule has 0 spiro atoms. The van der Waals surface area contributed by atoms with Gasteiger partial charge in [-0.1, -0.05) is 45.0 Å². The molecule has 3 nitrogen and oxygen atoms in total. The Bertz CT molecular complexity index is 423. The minimum absolute atomic E-state index is 0.0840. The van der Waals surface area contributed by atoms with Crippen LogP contribution in [-0.2, 0) is 11.2 Å². The maximum Gasteiger partial charge on any atom is 0.237 e. The van der Waals surface area contributed by atoms with Crippen LogP contribution in [-0.4, -0.2) is 18.0 Å². The Labute approximate surface area is 129 Å². The molecular weight excluding hydrogens is 260 g/mol. The Hall–Kier alpha value is -1.35. The maximum atomic E-state index is 12.2. The van der Waals surface area contributed by atoms with Crippen molar-refractivity contribution in [3.05, 3.63) is 35.4 Å². The van der Waals surface area contributed by atoms with Crippen LogP contribution in [0.15, 0.2) is 24.3 Å². The molecular formula is C18H30N2O. The predicted octanol–water partition coefficient (Wildman–Crippen LogP) is 3.59. The Morgan fingerprint density at radius 2 is 1.62 bits per heavy atom. The van der Waals surface area contributed by atoms with Gasteiger partial charge in [0.05, 0.1) is 6.04 Å². The lowest BCUT2D eigenvalue weighted by Gasteiger charge is -2.23. The van der Waals surface area contributed by atoms with Crippen molar-refractivity contribution in [2.45, 2.75) is 72.0 Å². The van der Waals surface area contributed by atoms with Crippen LogP contribution in [0, 0.1) is 0 Å². The molecule has 0 saturated heterocycles. The van der Waals surface area contributed by atoms with E-state index in [0.29, 0.717) is 0 Å². The van der Waals surface area contributed by atoms with Crippen molar-refractivity contribution < 1.29 is 4.79 Å². The molecule has 0 aliphatic rings. The number of carbonyl (C=O) groups is 1. The van der Waals surface area contributed by atoms with Crippen molar-refractivity contribution in [3.63, 3.8) is 0 Å². The van der Waals surface area contributed by atoms with Gasteiger partial charge in [-0.2, -0.15) is 0 Å². The average Bonchev–Trinajstić information content (AvgIpc) is 2.52. The minimum atomic E-state index is -0.188. The second-order valence-corrected chi connectivity index (χ2v) is 5.73. The van der Waals surface area contributed by atoms with Gasteiger partial charge in [-0.15, -0.1) is 0 Å². The molecule has 0 aliphatic carbocycles. The summed E-state index contributed by atoms with van der Waals surface area (Å²) in [7, 11) is 0. The molecule has 2 unspecified atom stereocenters. The summed E-state index contributed by atoms with van der Waals surface area (Å²) in [6.45, 7) is 10.4. The first kappa shape index (κ1) is 17.7. The molecule has 0 radical (unpaired) electrons. The molecule has 0 heterocycles. The normalized spacial score (nSPS) is 14.0. The van der Waals surface area contributed by atoms with Crippen molar-refractivity contribution in [2.24, 2.45) is 0 Å². The molecule has 0 bridgehead atoms. The number of aryl methyl sites for hydroxylation is 1. The van der Waals surface area contributed by atoms with E-state index in [4.69, 9.17) is 0 Å². The monoisotopic (exact) mass is 290 g/mol. The highest BCUT2D eigenvalue weighted by Crippen LogP contribution is 2.14. The fourth-order valence-electron chi connectivity index (χ4n) is 2.41. The van der Waals surface area contributed by atoms with Crippen LogP contribution in [0.4, 0.5) is 0 Å². The van der Waals surface area contributed by atoms with Crippen LogP contribution < -0.4 is 10.6 Å². The Kier molecular flexibility index (Phi) is 7.44. The zero-order valence-corrected chi connectivity index (χ0v) is 14.1. The molecule has 1 amide bonds. The molecule has 1 aromatic rings. The summed E-state index contributed by atoms with van der Waals surface area (Å²) in [5.74, 6) is 0.0840. The lowest BCUT2D eigenvalue weighted by molar-refractivity contribution is -0.123. The molecule has 2 atom stereocenters. The Balaban J connectivity index is 2.55. The quantitative estimate of drug-likeness (QED) is 0.768. The highest BCUT2D eigenvalue weighted by molar-refractivity contribution is 5.81. The van der Waals surface area contributed by atoms with Crippen LogP contribution >= 0.6 is 0 Å². The molecule has 3 heteroatoms. The van der Waals surface area contributed by atoms with E-state index in [2.05, 4.69) is 62.6 Å². The Morgan fingerprint density at radius 3 is 2.10 bits per heavy atom. The van der Waals surface area contributed by atoms with Gasteiger partial charge in [0.25, 0.3) is 0 Å². The first-order valence-corrected chi connectivity index (χ1v) is 8.16. The lowest BCUT2D eigenvalue weighted by atomic mass is 10.0. The lowest BCUT2D eigenvalue weighted by Crippen LogP contribution is -2.46. The highest BCUT2D eigenvalue weighted by atomic mass is 16.2. The molecule has 1 aromatic carbocycles. The van der Waals surface area contributed by atoms with Crippen LogP contribution in [0.25, 0.3) is 0 Å². The fourth-order valence-corrected chi connectivity index (χ4v) is 2.41. The maximum absolute atomic E-state index is 12.2. The number of amides is 1. The third-order valence-corrected chi connectivity index (χ3v) is 4.11.